The third-order valence-corrected chi connectivity index (χ3v) is 8.13. The number of unbranched alkanes of at least 4 members (excludes halogenated alkanes) is 5. The first-order valence-electron chi connectivity index (χ1n) is 11.8. The second kappa shape index (κ2) is 9.65. The second-order valence-electron chi connectivity index (χ2n) is 10.1. The molecule has 1 aromatic rings. The predicted molar refractivity (Wildman–Crippen MR) is 120 cm³/mol. The molecule has 0 N–H and O–H groups in total. The fourth-order valence-electron chi connectivity index (χ4n) is 6.03. The summed E-state index contributed by atoms with van der Waals surface area (Å²) in [4.78, 5) is 2.83. The Morgan fingerprint density at radius 2 is 1.68 bits per heavy atom. The van der Waals surface area contributed by atoms with Crippen LogP contribution in [0.15, 0.2) is 24.3 Å². The van der Waals surface area contributed by atoms with Crippen molar-refractivity contribution in [1.29, 1.82) is 0 Å². The maximum Gasteiger partial charge on any atom is 0.118 e. The summed E-state index contributed by atoms with van der Waals surface area (Å²) in [5.41, 5.74) is 2.00. The number of ether oxygens (including phenoxy) is 1. The molecule has 3 fully saturated rings. The molecule has 28 heavy (non-hydrogen) atoms. The average Bonchev–Trinajstić information content (AvgIpc) is 2.70. The lowest BCUT2D eigenvalue weighted by Gasteiger charge is -2.63. The lowest BCUT2D eigenvalue weighted by Crippen LogP contribution is -2.60. The molecule has 0 radical (unpaired) electrons. The molecule has 0 amide bonds. The Balaban J connectivity index is 1.62. The van der Waals surface area contributed by atoms with Crippen LogP contribution in [0.2, 0.25) is 0 Å². The molecule has 4 atom stereocenters. The van der Waals surface area contributed by atoms with E-state index in [2.05, 4.69) is 56.9 Å². The Morgan fingerprint density at radius 1 is 1.00 bits per heavy atom. The molecular weight excluding hydrogens is 342 g/mol. The molecule has 3 aliphatic rings. The van der Waals surface area contributed by atoms with Gasteiger partial charge in [0, 0.05) is 12.6 Å². The van der Waals surface area contributed by atoms with Gasteiger partial charge in [-0.2, -0.15) is 0 Å². The number of methoxy groups -OCH3 is 1. The van der Waals surface area contributed by atoms with Crippen LogP contribution in [0.5, 0.6) is 5.75 Å². The molecule has 3 saturated carbocycles. The average molecular weight is 386 g/mol. The van der Waals surface area contributed by atoms with Gasteiger partial charge >= 0.3 is 0 Å². The molecule has 4 rings (SSSR count). The summed E-state index contributed by atoms with van der Waals surface area (Å²) < 4.78 is 5.35. The van der Waals surface area contributed by atoms with Crippen LogP contribution in [0.25, 0.3) is 0 Å². The van der Waals surface area contributed by atoms with Gasteiger partial charge < -0.3 is 4.74 Å². The van der Waals surface area contributed by atoms with E-state index in [0.29, 0.717) is 5.41 Å². The van der Waals surface area contributed by atoms with Crippen molar-refractivity contribution < 1.29 is 4.74 Å². The molecule has 0 spiro atoms. The van der Waals surface area contributed by atoms with Gasteiger partial charge in [0.05, 0.1) is 7.11 Å². The Morgan fingerprint density at radius 3 is 2.29 bits per heavy atom. The van der Waals surface area contributed by atoms with Crippen molar-refractivity contribution in [2.75, 3.05) is 13.7 Å². The highest BCUT2D eigenvalue weighted by atomic mass is 16.5. The van der Waals surface area contributed by atoms with Crippen LogP contribution in [-0.4, -0.2) is 24.6 Å². The lowest BCUT2D eigenvalue weighted by atomic mass is 9.44. The quantitative estimate of drug-likeness (QED) is 0.383. The number of hydrogen-bond donors (Lipinski definition) is 0. The summed E-state index contributed by atoms with van der Waals surface area (Å²) in [5, 5.41) is 0. The molecule has 2 bridgehead atoms. The minimum absolute atomic E-state index is 0.571. The first-order chi connectivity index (χ1) is 13.5. The number of nitrogens with zero attached hydrogens (tertiary/aromatic N) is 1. The summed E-state index contributed by atoms with van der Waals surface area (Å²) in [7, 11) is 1.75. The van der Waals surface area contributed by atoms with Crippen molar-refractivity contribution in [1.82, 2.24) is 4.90 Å². The zero-order chi connectivity index (χ0) is 20.1. The van der Waals surface area contributed by atoms with Crippen LogP contribution in [0.3, 0.4) is 0 Å². The standard InChI is InChI=1S/C26H43NO/c1-6-7-8-9-10-11-16-27(19-21-12-14-23(28-5)15-13-21)25-18-22-17-24(20(25)2)26(22,3)4/h12-15,20,22,24-25H,6-11,16-19H2,1-5H3/t20-,22+,24-,25-/m1/s1. The largest absolute Gasteiger partial charge is 0.497 e. The SMILES string of the molecule is CCCCCCCCN(Cc1ccc(OC)cc1)[C@@H]1C[C@@H]2C[C@H]([C@H]1C)C2(C)C. The zero-order valence-corrected chi connectivity index (χ0v) is 19.0. The van der Waals surface area contributed by atoms with Gasteiger partial charge in [-0.15, -0.1) is 0 Å². The van der Waals surface area contributed by atoms with E-state index in [1.54, 1.807) is 7.11 Å². The van der Waals surface area contributed by atoms with Crippen LogP contribution in [-0.2, 0) is 6.54 Å². The van der Waals surface area contributed by atoms with Gasteiger partial charge in [0.2, 0.25) is 0 Å². The van der Waals surface area contributed by atoms with Crippen LogP contribution in [0.4, 0.5) is 0 Å². The Labute approximate surface area is 174 Å². The van der Waals surface area contributed by atoms with Gasteiger partial charge in [-0.3, -0.25) is 4.90 Å². The summed E-state index contributed by atoms with van der Waals surface area (Å²) in [6, 6.07) is 9.50. The van der Waals surface area contributed by atoms with E-state index in [-0.39, 0.29) is 0 Å². The normalized spacial score (nSPS) is 28.2. The van der Waals surface area contributed by atoms with Crippen molar-refractivity contribution in [3.63, 3.8) is 0 Å². The van der Waals surface area contributed by atoms with Crippen LogP contribution < -0.4 is 4.74 Å². The summed E-state index contributed by atoms with van der Waals surface area (Å²) in [5.74, 6) is 3.62. The van der Waals surface area contributed by atoms with E-state index in [1.165, 1.54) is 63.5 Å². The fourth-order valence-corrected chi connectivity index (χ4v) is 6.03. The highest BCUT2D eigenvalue weighted by Crippen LogP contribution is 2.62. The third kappa shape index (κ3) is 4.75. The van der Waals surface area contributed by atoms with Gasteiger partial charge in [0.25, 0.3) is 0 Å². The van der Waals surface area contributed by atoms with Gasteiger partial charge in [0.1, 0.15) is 5.75 Å². The minimum atomic E-state index is 0.571. The maximum atomic E-state index is 5.35. The van der Waals surface area contributed by atoms with E-state index < -0.39 is 0 Å². The predicted octanol–water partition coefficient (Wildman–Crippen LogP) is 6.93. The van der Waals surface area contributed by atoms with E-state index >= 15 is 0 Å². The Bertz CT molecular complexity index is 593. The third-order valence-electron chi connectivity index (χ3n) is 8.13. The van der Waals surface area contributed by atoms with Crippen LogP contribution in [0.1, 0.15) is 84.6 Å². The molecule has 0 unspecified atom stereocenters. The topological polar surface area (TPSA) is 12.5 Å². The van der Waals surface area contributed by atoms with E-state index in [4.69, 9.17) is 4.74 Å². The van der Waals surface area contributed by atoms with Gasteiger partial charge in [-0.05, 0) is 66.7 Å². The molecule has 0 aliphatic heterocycles. The van der Waals surface area contributed by atoms with Gasteiger partial charge in [-0.25, -0.2) is 0 Å². The molecule has 0 saturated heterocycles. The summed E-state index contributed by atoms with van der Waals surface area (Å²) in [6.07, 6.45) is 11.2. The van der Waals surface area contributed by atoms with Crippen molar-refractivity contribution in [2.24, 2.45) is 23.2 Å². The molecule has 0 heterocycles. The first kappa shape index (κ1) is 21.7. The van der Waals surface area contributed by atoms with E-state index in [1.807, 2.05) is 0 Å². The molecule has 2 nitrogen and oxygen atoms in total. The molecule has 158 valence electrons. The van der Waals surface area contributed by atoms with Crippen molar-refractivity contribution in [2.45, 2.75) is 91.6 Å². The number of fused-ring (bicyclic) bond motifs is 2. The molecule has 0 aromatic heterocycles. The molecule has 3 aliphatic carbocycles. The highest BCUT2D eigenvalue weighted by molar-refractivity contribution is 5.27. The zero-order valence-electron chi connectivity index (χ0n) is 19.0. The van der Waals surface area contributed by atoms with Crippen LogP contribution >= 0.6 is 0 Å². The number of hydrogen-bond acceptors (Lipinski definition) is 2. The van der Waals surface area contributed by atoms with Crippen molar-refractivity contribution >= 4 is 0 Å². The van der Waals surface area contributed by atoms with Crippen molar-refractivity contribution in [3.05, 3.63) is 29.8 Å². The van der Waals surface area contributed by atoms with Crippen LogP contribution in [0, 0.1) is 23.2 Å². The maximum absolute atomic E-state index is 5.35. The Hall–Kier alpha value is -1.02. The molecular formula is C26H43NO. The fraction of sp³-hybridized carbons (Fsp3) is 0.769. The second-order valence-corrected chi connectivity index (χ2v) is 10.1. The smallest absolute Gasteiger partial charge is 0.118 e. The highest BCUT2D eigenvalue weighted by Gasteiger charge is 2.56. The molecule has 1 aromatic carbocycles. The lowest BCUT2D eigenvalue weighted by molar-refractivity contribution is -0.140. The van der Waals surface area contributed by atoms with E-state index in [0.717, 1.165) is 36.1 Å². The number of benzene rings is 1. The Kier molecular flexibility index (Phi) is 7.48. The van der Waals surface area contributed by atoms with Crippen molar-refractivity contribution in [3.8, 4) is 5.75 Å². The number of rotatable bonds is 11. The summed E-state index contributed by atoms with van der Waals surface area (Å²) >= 11 is 0. The first-order valence-corrected chi connectivity index (χ1v) is 11.8. The minimum Gasteiger partial charge on any atom is -0.497 e. The summed E-state index contributed by atoms with van der Waals surface area (Å²) in [6.45, 7) is 12.2. The van der Waals surface area contributed by atoms with Gasteiger partial charge in [0.15, 0.2) is 0 Å². The molecule has 2 heteroatoms. The van der Waals surface area contributed by atoms with Gasteiger partial charge in [-0.1, -0.05) is 71.9 Å². The monoisotopic (exact) mass is 385 g/mol. The van der Waals surface area contributed by atoms with E-state index in [9.17, 15) is 0 Å².